The number of nitrogens with zero attached hydrogens (tertiary/aromatic N) is 4. The second-order valence-corrected chi connectivity index (χ2v) is 8.86. The second kappa shape index (κ2) is 9.24. The number of pyridine rings is 1. The van der Waals surface area contributed by atoms with E-state index in [0.29, 0.717) is 0 Å². The topological polar surface area (TPSA) is 49.5 Å². The van der Waals surface area contributed by atoms with E-state index in [1.165, 1.54) is 17.0 Å². The van der Waals surface area contributed by atoms with Crippen molar-refractivity contribution in [1.82, 2.24) is 24.7 Å². The summed E-state index contributed by atoms with van der Waals surface area (Å²) in [5.74, 6) is 0.956. The van der Waals surface area contributed by atoms with Crippen molar-refractivity contribution in [3.05, 3.63) is 77.3 Å². The first-order valence-electron chi connectivity index (χ1n) is 10.8. The molecule has 164 valence electrons. The van der Waals surface area contributed by atoms with Crippen LogP contribution in [0.1, 0.15) is 46.9 Å². The molecule has 4 heterocycles. The molecule has 0 aliphatic carbocycles. The van der Waals surface area contributed by atoms with Crippen LogP contribution in [0.5, 0.6) is 0 Å². The zero-order valence-corrected chi connectivity index (χ0v) is 19.5. The van der Waals surface area contributed by atoms with Crippen LogP contribution in [-0.2, 0) is 6.54 Å². The largest absolute Gasteiger partial charge is 0.467 e. The fourth-order valence-electron chi connectivity index (χ4n) is 4.47. The van der Waals surface area contributed by atoms with Gasteiger partial charge in [-0.25, -0.2) is 0 Å². The Kier molecular flexibility index (Phi) is 6.43. The number of rotatable bonds is 8. The molecular weight excluding hydrogens is 406 g/mol. The van der Waals surface area contributed by atoms with Gasteiger partial charge in [0.1, 0.15) is 5.76 Å². The summed E-state index contributed by atoms with van der Waals surface area (Å²) in [7, 11) is 4.22. The van der Waals surface area contributed by atoms with Gasteiger partial charge in [-0.05, 0) is 89.0 Å². The third-order valence-electron chi connectivity index (χ3n) is 6.03. The Morgan fingerprint density at radius 2 is 2.03 bits per heavy atom. The summed E-state index contributed by atoms with van der Waals surface area (Å²) in [6.07, 6.45) is 4.63. The number of thiocarbonyl (C=S) groups is 1. The van der Waals surface area contributed by atoms with E-state index in [9.17, 15) is 0 Å². The molecule has 1 aliphatic rings. The van der Waals surface area contributed by atoms with Crippen LogP contribution >= 0.6 is 12.2 Å². The molecule has 7 heteroatoms. The fraction of sp³-hybridized carbons (Fsp3) is 0.417. The van der Waals surface area contributed by atoms with Gasteiger partial charge in [-0.2, -0.15) is 0 Å². The van der Waals surface area contributed by atoms with Crippen LogP contribution in [0.15, 0.2) is 53.3 Å². The molecule has 0 bridgehead atoms. The molecule has 1 saturated heterocycles. The van der Waals surface area contributed by atoms with Gasteiger partial charge in [0, 0.05) is 24.1 Å². The number of furan rings is 1. The van der Waals surface area contributed by atoms with Crippen molar-refractivity contribution in [2.24, 2.45) is 0 Å². The van der Waals surface area contributed by atoms with Gasteiger partial charge in [0.15, 0.2) is 5.11 Å². The summed E-state index contributed by atoms with van der Waals surface area (Å²) in [6, 6.07) is 12.5. The van der Waals surface area contributed by atoms with Gasteiger partial charge in [0.2, 0.25) is 0 Å². The number of hydrogen-bond acceptors (Lipinski definition) is 4. The summed E-state index contributed by atoms with van der Waals surface area (Å²) in [4.78, 5) is 9.21. The Morgan fingerprint density at radius 1 is 1.19 bits per heavy atom. The number of nitrogens with one attached hydrogen (secondary N) is 1. The van der Waals surface area contributed by atoms with Gasteiger partial charge in [-0.1, -0.05) is 6.07 Å². The van der Waals surface area contributed by atoms with Crippen molar-refractivity contribution in [1.29, 1.82) is 0 Å². The van der Waals surface area contributed by atoms with Gasteiger partial charge in [-0.3, -0.25) is 4.98 Å². The van der Waals surface area contributed by atoms with Crippen molar-refractivity contribution in [2.75, 3.05) is 27.2 Å². The van der Waals surface area contributed by atoms with Crippen molar-refractivity contribution in [2.45, 2.75) is 38.9 Å². The zero-order chi connectivity index (χ0) is 22.0. The molecule has 0 radical (unpaired) electrons. The van der Waals surface area contributed by atoms with E-state index in [2.05, 4.69) is 64.7 Å². The predicted octanol–water partition coefficient (Wildman–Crippen LogP) is 4.07. The van der Waals surface area contributed by atoms with E-state index in [0.717, 1.165) is 42.6 Å². The van der Waals surface area contributed by atoms with Gasteiger partial charge in [0.25, 0.3) is 0 Å². The lowest BCUT2D eigenvalue weighted by Gasteiger charge is -2.28. The summed E-state index contributed by atoms with van der Waals surface area (Å²) < 4.78 is 7.93. The second-order valence-electron chi connectivity index (χ2n) is 8.47. The van der Waals surface area contributed by atoms with E-state index in [-0.39, 0.29) is 12.1 Å². The molecule has 3 aromatic rings. The normalized spacial score (nSPS) is 18.7. The molecule has 0 unspecified atom stereocenters. The van der Waals surface area contributed by atoms with Gasteiger partial charge >= 0.3 is 0 Å². The Bertz CT molecular complexity index is 1010. The van der Waals surface area contributed by atoms with Crippen LogP contribution in [0.25, 0.3) is 0 Å². The van der Waals surface area contributed by atoms with E-state index >= 15 is 0 Å². The van der Waals surface area contributed by atoms with Crippen molar-refractivity contribution in [3.63, 3.8) is 0 Å². The molecule has 4 rings (SSSR count). The summed E-state index contributed by atoms with van der Waals surface area (Å²) in [6.45, 7) is 7.01. The minimum absolute atomic E-state index is 0.0191. The average molecular weight is 438 g/mol. The Morgan fingerprint density at radius 3 is 2.71 bits per heavy atom. The first-order valence-corrected chi connectivity index (χ1v) is 11.2. The third kappa shape index (κ3) is 4.52. The molecule has 1 N–H and O–H groups in total. The van der Waals surface area contributed by atoms with E-state index < -0.39 is 0 Å². The van der Waals surface area contributed by atoms with Crippen molar-refractivity contribution in [3.8, 4) is 0 Å². The fourth-order valence-corrected chi connectivity index (χ4v) is 4.80. The quantitative estimate of drug-likeness (QED) is 0.536. The van der Waals surface area contributed by atoms with Crippen LogP contribution in [0.3, 0.4) is 0 Å². The molecule has 0 spiro atoms. The van der Waals surface area contributed by atoms with Gasteiger partial charge < -0.3 is 24.1 Å². The average Bonchev–Trinajstić information content (AvgIpc) is 3.44. The Hall–Kier alpha value is -2.64. The Balaban J connectivity index is 1.70. The van der Waals surface area contributed by atoms with Crippen LogP contribution < -0.4 is 5.32 Å². The standard InChI is InChI=1S/C24H31N5OS/c1-17-15-20(18(2)29(17)16-19-9-7-14-30-19)23-22(21-10-5-6-11-25-21)26-24(31)28(23)13-8-12-27(3)4/h5-7,9-11,14-15,22-23H,8,12-13,16H2,1-4H3,(H,26,31)/t22-,23-/m0/s1. The minimum Gasteiger partial charge on any atom is -0.467 e. The lowest BCUT2D eigenvalue weighted by molar-refractivity contribution is 0.292. The SMILES string of the molecule is Cc1cc([C@H]2[C@H](c3ccccn3)NC(=S)N2CCCN(C)C)c(C)n1Cc1ccco1. The molecule has 0 aromatic carbocycles. The Labute approximate surface area is 189 Å². The molecule has 0 saturated carbocycles. The summed E-state index contributed by atoms with van der Waals surface area (Å²) in [5.41, 5.74) is 4.76. The maximum absolute atomic E-state index is 5.80. The van der Waals surface area contributed by atoms with E-state index in [1.54, 1.807) is 6.26 Å². The lowest BCUT2D eigenvalue weighted by atomic mass is 9.96. The highest BCUT2D eigenvalue weighted by Gasteiger charge is 2.41. The molecule has 1 aliphatic heterocycles. The molecule has 3 aromatic heterocycles. The van der Waals surface area contributed by atoms with Crippen LogP contribution in [0.2, 0.25) is 0 Å². The first-order chi connectivity index (χ1) is 15.0. The number of aromatic nitrogens is 2. The highest BCUT2D eigenvalue weighted by atomic mass is 32.1. The van der Waals surface area contributed by atoms with E-state index in [4.69, 9.17) is 16.6 Å². The molecule has 6 nitrogen and oxygen atoms in total. The van der Waals surface area contributed by atoms with Crippen molar-refractivity contribution >= 4 is 17.3 Å². The minimum atomic E-state index is 0.0191. The maximum atomic E-state index is 5.80. The summed E-state index contributed by atoms with van der Waals surface area (Å²) in [5, 5.41) is 4.36. The highest BCUT2D eigenvalue weighted by Crippen LogP contribution is 2.41. The predicted molar refractivity (Wildman–Crippen MR) is 127 cm³/mol. The van der Waals surface area contributed by atoms with Crippen LogP contribution in [-0.4, -0.2) is 51.6 Å². The zero-order valence-electron chi connectivity index (χ0n) is 18.7. The van der Waals surface area contributed by atoms with E-state index in [1.807, 2.05) is 30.5 Å². The van der Waals surface area contributed by atoms with Gasteiger partial charge in [0.05, 0.1) is 30.6 Å². The molecule has 1 fully saturated rings. The molecular formula is C24H31N5OS. The lowest BCUT2D eigenvalue weighted by Crippen LogP contribution is -2.32. The monoisotopic (exact) mass is 437 g/mol. The molecule has 31 heavy (non-hydrogen) atoms. The van der Waals surface area contributed by atoms with Crippen molar-refractivity contribution < 1.29 is 4.42 Å². The smallest absolute Gasteiger partial charge is 0.170 e. The number of hydrogen-bond donors (Lipinski definition) is 1. The summed E-state index contributed by atoms with van der Waals surface area (Å²) >= 11 is 5.80. The third-order valence-corrected chi connectivity index (χ3v) is 6.38. The first kappa shape index (κ1) is 21.6. The highest BCUT2D eigenvalue weighted by molar-refractivity contribution is 7.80. The number of aryl methyl sites for hydroxylation is 1. The molecule has 0 amide bonds. The van der Waals surface area contributed by atoms with Gasteiger partial charge in [-0.15, -0.1) is 0 Å². The van der Waals surface area contributed by atoms with Crippen LogP contribution in [0.4, 0.5) is 0 Å². The molecule has 2 atom stereocenters. The maximum Gasteiger partial charge on any atom is 0.170 e. The van der Waals surface area contributed by atoms with Crippen LogP contribution in [0, 0.1) is 13.8 Å².